The van der Waals surface area contributed by atoms with E-state index >= 15 is 0 Å². The van der Waals surface area contributed by atoms with Crippen molar-refractivity contribution < 1.29 is 4.74 Å². The Morgan fingerprint density at radius 3 is 2.85 bits per heavy atom. The highest BCUT2D eigenvalue weighted by molar-refractivity contribution is 5.70. The van der Waals surface area contributed by atoms with Gasteiger partial charge in [0, 0.05) is 11.3 Å². The van der Waals surface area contributed by atoms with Gasteiger partial charge in [-0.25, -0.2) is 4.68 Å². The van der Waals surface area contributed by atoms with E-state index in [2.05, 4.69) is 15.5 Å². The molecule has 2 aromatic rings. The first kappa shape index (κ1) is 13.1. The molecule has 1 aromatic heterocycles. The molecule has 0 radical (unpaired) electrons. The summed E-state index contributed by atoms with van der Waals surface area (Å²) in [7, 11) is 0. The number of aromatic nitrogens is 4. The van der Waals surface area contributed by atoms with Gasteiger partial charge in [0.2, 0.25) is 0 Å². The maximum atomic E-state index is 5.97. The molecule has 0 bridgehead atoms. The van der Waals surface area contributed by atoms with Gasteiger partial charge in [-0.15, -0.1) is 5.10 Å². The summed E-state index contributed by atoms with van der Waals surface area (Å²) in [5, 5.41) is 11.8. The summed E-state index contributed by atoms with van der Waals surface area (Å²) < 4.78 is 7.60. The van der Waals surface area contributed by atoms with Gasteiger partial charge in [-0.2, -0.15) is 0 Å². The van der Waals surface area contributed by atoms with E-state index in [-0.39, 0.29) is 0 Å². The molecule has 2 N–H and O–H groups in total. The van der Waals surface area contributed by atoms with E-state index in [0.29, 0.717) is 30.8 Å². The fourth-order valence-corrected chi connectivity index (χ4v) is 2.61. The van der Waals surface area contributed by atoms with Crippen LogP contribution >= 0.6 is 0 Å². The SMILES string of the molecule is Nc1ccccc1-c1nnnn1CCOC1CCCC1. The fourth-order valence-electron chi connectivity index (χ4n) is 2.61. The number of nitrogens with two attached hydrogens (primary N) is 1. The van der Waals surface area contributed by atoms with Crippen LogP contribution in [0.1, 0.15) is 25.7 Å². The first-order chi connectivity index (χ1) is 9.84. The van der Waals surface area contributed by atoms with Crippen molar-refractivity contribution >= 4 is 5.69 Å². The number of anilines is 1. The molecule has 0 saturated heterocycles. The maximum absolute atomic E-state index is 5.97. The van der Waals surface area contributed by atoms with Crippen molar-refractivity contribution in [2.24, 2.45) is 0 Å². The molecule has 106 valence electrons. The first-order valence-corrected chi connectivity index (χ1v) is 7.07. The van der Waals surface area contributed by atoms with Crippen LogP contribution in [0.2, 0.25) is 0 Å². The highest BCUT2D eigenvalue weighted by Gasteiger charge is 2.16. The Hall–Kier alpha value is -1.95. The van der Waals surface area contributed by atoms with Gasteiger partial charge in [0.05, 0.1) is 19.3 Å². The molecular weight excluding hydrogens is 254 g/mol. The van der Waals surface area contributed by atoms with Gasteiger partial charge in [0.25, 0.3) is 0 Å². The van der Waals surface area contributed by atoms with Crippen molar-refractivity contribution in [3.63, 3.8) is 0 Å². The summed E-state index contributed by atoms with van der Waals surface area (Å²) in [6.07, 6.45) is 5.32. The second kappa shape index (κ2) is 6.00. The lowest BCUT2D eigenvalue weighted by atomic mass is 10.2. The largest absolute Gasteiger partial charge is 0.398 e. The predicted octanol–water partition coefficient (Wildman–Crippen LogP) is 1.88. The molecule has 1 heterocycles. The summed E-state index contributed by atoms with van der Waals surface area (Å²) in [5.74, 6) is 0.693. The van der Waals surface area contributed by atoms with Crippen LogP contribution in [0.15, 0.2) is 24.3 Å². The second-order valence-electron chi connectivity index (χ2n) is 5.09. The van der Waals surface area contributed by atoms with E-state index < -0.39 is 0 Å². The zero-order valence-corrected chi connectivity index (χ0v) is 11.4. The third-order valence-electron chi connectivity index (χ3n) is 3.69. The topological polar surface area (TPSA) is 78.9 Å². The van der Waals surface area contributed by atoms with E-state index in [0.717, 1.165) is 5.56 Å². The fraction of sp³-hybridized carbons (Fsp3) is 0.500. The number of rotatable bonds is 5. The first-order valence-electron chi connectivity index (χ1n) is 7.07. The summed E-state index contributed by atoms with van der Waals surface area (Å²) in [6, 6.07) is 7.61. The van der Waals surface area contributed by atoms with Crippen molar-refractivity contribution in [3.8, 4) is 11.4 Å². The molecule has 0 spiro atoms. The molecule has 3 rings (SSSR count). The molecule has 1 aliphatic carbocycles. The molecule has 1 aromatic carbocycles. The molecular formula is C14H19N5O. The third kappa shape index (κ3) is 2.80. The van der Waals surface area contributed by atoms with Crippen molar-refractivity contribution in [1.29, 1.82) is 0 Å². The number of tetrazole rings is 1. The minimum atomic E-state index is 0.414. The molecule has 0 atom stereocenters. The van der Waals surface area contributed by atoms with Crippen LogP contribution in [0.5, 0.6) is 0 Å². The van der Waals surface area contributed by atoms with Gasteiger partial charge < -0.3 is 10.5 Å². The molecule has 6 nitrogen and oxygen atoms in total. The number of benzene rings is 1. The van der Waals surface area contributed by atoms with Crippen LogP contribution in [-0.2, 0) is 11.3 Å². The van der Waals surface area contributed by atoms with Crippen LogP contribution in [0, 0.1) is 0 Å². The van der Waals surface area contributed by atoms with E-state index in [1.54, 1.807) is 4.68 Å². The normalized spacial score (nSPS) is 15.8. The summed E-state index contributed by atoms with van der Waals surface area (Å²) in [5.41, 5.74) is 7.51. The summed E-state index contributed by atoms with van der Waals surface area (Å²) >= 11 is 0. The highest BCUT2D eigenvalue weighted by Crippen LogP contribution is 2.23. The number of hydrogen-bond donors (Lipinski definition) is 1. The molecule has 0 aliphatic heterocycles. The zero-order valence-electron chi connectivity index (χ0n) is 11.4. The Morgan fingerprint density at radius 2 is 2.05 bits per heavy atom. The van der Waals surface area contributed by atoms with Crippen LogP contribution in [0.4, 0.5) is 5.69 Å². The minimum Gasteiger partial charge on any atom is -0.398 e. The monoisotopic (exact) mass is 273 g/mol. The average Bonchev–Trinajstić information content (AvgIpc) is 3.11. The molecule has 0 unspecified atom stereocenters. The molecule has 6 heteroatoms. The van der Waals surface area contributed by atoms with Crippen LogP contribution in [0.25, 0.3) is 11.4 Å². The average molecular weight is 273 g/mol. The Bertz CT molecular complexity index is 562. The summed E-state index contributed by atoms with van der Waals surface area (Å²) in [6.45, 7) is 1.28. The Balaban J connectivity index is 1.66. The number of nitrogen functional groups attached to an aromatic ring is 1. The molecule has 1 fully saturated rings. The molecule has 0 amide bonds. The van der Waals surface area contributed by atoms with Gasteiger partial charge in [-0.05, 0) is 35.4 Å². The molecule has 1 saturated carbocycles. The van der Waals surface area contributed by atoms with E-state index in [4.69, 9.17) is 10.5 Å². The Kier molecular flexibility index (Phi) is 3.92. The smallest absolute Gasteiger partial charge is 0.184 e. The van der Waals surface area contributed by atoms with E-state index in [1.165, 1.54) is 25.7 Å². The standard InChI is InChI=1S/C14H19N5O/c15-13-8-4-3-7-12(13)14-16-17-18-19(14)9-10-20-11-5-1-2-6-11/h3-4,7-8,11H,1-2,5-6,9-10,15H2. The van der Waals surface area contributed by atoms with E-state index in [1.807, 2.05) is 24.3 Å². The van der Waals surface area contributed by atoms with Gasteiger partial charge in [0.1, 0.15) is 0 Å². The minimum absolute atomic E-state index is 0.414. The number of nitrogens with zero attached hydrogens (tertiary/aromatic N) is 4. The van der Waals surface area contributed by atoms with Crippen molar-refractivity contribution in [2.45, 2.75) is 38.3 Å². The molecule has 1 aliphatic rings. The van der Waals surface area contributed by atoms with Crippen molar-refractivity contribution in [2.75, 3.05) is 12.3 Å². The third-order valence-corrected chi connectivity index (χ3v) is 3.69. The lowest BCUT2D eigenvalue weighted by Crippen LogP contribution is -2.14. The van der Waals surface area contributed by atoms with Crippen LogP contribution < -0.4 is 5.73 Å². The van der Waals surface area contributed by atoms with Crippen LogP contribution in [-0.4, -0.2) is 32.9 Å². The lowest BCUT2D eigenvalue weighted by Gasteiger charge is -2.11. The van der Waals surface area contributed by atoms with Gasteiger partial charge >= 0.3 is 0 Å². The highest BCUT2D eigenvalue weighted by atomic mass is 16.5. The van der Waals surface area contributed by atoms with Gasteiger partial charge in [-0.1, -0.05) is 25.0 Å². The number of ether oxygens (including phenoxy) is 1. The van der Waals surface area contributed by atoms with Crippen molar-refractivity contribution in [1.82, 2.24) is 20.2 Å². The summed E-state index contributed by atoms with van der Waals surface area (Å²) in [4.78, 5) is 0. The quantitative estimate of drug-likeness (QED) is 0.841. The lowest BCUT2D eigenvalue weighted by molar-refractivity contribution is 0.0514. The second-order valence-corrected chi connectivity index (χ2v) is 5.09. The number of hydrogen-bond acceptors (Lipinski definition) is 5. The maximum Gasteiger partial charge on any atom is 0.184 e. The number of para-hydroxylation sites is 1. The van der Waals surface area contributed by atoms with Crippen LogP contribution in [0.3, 0.4) is 0 Å². The predicted molar refractivity (Wildman–Crippen MR) is 75.9 cm³/mol. The van der Waals surface area contributed by atoms with Crippen molar-refractivity contribution in [3.05, 3.63) is 24.3 Å². The molecule has 20 heavy (non-hydrogen) atoms. The van der Waals surface area contributed by atoms with Gasteiger partial charge in [-0.3, -0.25) is 0 Å². The Labute approximate surface area is 117 Å². The van der Waals surface area contributed by atoms with Gasteiger partial charge in [0.15, 0.2) is 5.82 Å². The Morgan fingerprint density at radius 1 is 1.25 bits per heavy atom. The zero-order chi connectivity index (χ0) is 13.8. The van der Waals surface area contributed by atoms with E-state index in [9.17, 15) is 0 Å².